The van der Waals surface area contributed by atoms with Crippen LogP contribution in [0.3, 0.4) is 0 Å². The minimum atomic E-state index is -0.501. The van der Waals surface area contributed by atoms with Gasteiger partial charge in [-0.15, -0.1) is 0 Å². The van der Waals surface area contributed by atoms with Crippen molar-refractivity contribution in [2.24, 2.45) is 0 Å². The van der Waals surface area contributed by atoms with Crippen LogP contribution in [0.4, 0.5) is 0 Å². The Hall–Kier alpha value is -1.55. The predicted molar refractivity (Wildman–Crippen MR) is 65.9 cm³/mol. The number of hydrogen-bond acceptors (Lipinski definition) is 3. The second-order valence-electron chi connectivity index (χ2n) is 4.03. The summed E-state index contributed by atoms with van der Waals surface area (Å²) in [5.41, 5.74) is 0. The fourth-order valence-corrected chi connectivity index (χ4v) is 1.46. The highest BCUT2D eigenvalue weighted by Gasteiger charge is 2.10. The maximum atomic E-state index is 11.6. The van der Waals surface area contributed by atoms with Crippen molar-refractivity contribution in [2.45, 2.75) is 19.4 Å². The van der Waals surface area contributed by atoms with Crippen molar-refractivity contribution >= 4 is 5.91 Å². The molecule has 1 amide bonds. The number of benzene rings is 1. The molecule has 0 aromatic heterocycles. The number of aliphatic hydroxyl groups excluding tert-OH is 1. The lowest BCUT2D eigenvalue weighted by molar-refractivity contribution is -0.131. The van der Waals surface area contributed by atoms with Crippen molar-refractivity contribution in [1.82, 2.24) is 4.90 Å². The van der Waals surface area contributed by atoms with Gasteiger partial charge in [-0.25, -0.2) is 0 Å². The first-order valence-electron chi connectivity index (χ1n) is 5.69. The van der Waals surface area contributed by atoms with E-state index in [4.69, 9.17) is 9.84 Å². The summed E-state index contributed by atoms with van der Waals surface area (Å²) < 4.78 is 5.42. The summed E-state index contributed by atoms with van der Waals surface area (Å²) in [6.45, 7) is 2.36. The molecule has 1 aromatic rings. The van der Waals surface area contributed by atoms with Crippen LogP contribution >= 0.6 is 0 Å². The molecule has 94 valence electrons. The minimum Gasteiger partial charge on any atom is -0.493 e. The first-order chi connectivity index (χ1) is 8.09. The smallest absolute Gasteiger partial charge is 0.225 e. The highest BCUT2D eigenvalue weighted by molar-refractivity contribution is 5.76. The van der Waals surface area contributed by atoms with Crippen LogP contribution in [0, 0.1) is 0 Å². The Bertz CT molecular complexity index is 338. The number of carbonyl (C=O) groups excluding carboxylic acids is 1. The molecule has 4 nitrogen and oxygen atoms in total. The molecular formula is C13H19NO3. The lowest BCUT2D eigenvalue weighted by atomic mass is 10.3. The SMILES string of the molecule is CC(O)CN(C)C(=O)CCOc1ccccc1. The standard InChI is InChI=1S/C13H19NO3/c1-11(15)10-14(2)13(16)8-9-17-12-6-4-3-5-7-12/h3-7,11,15H,8-10H2,1-2H3. The maximum Gasteiger partial charge on any atom is 0.225 e. The molecule has 0 aliphatic heterocycles. The molecule has 17 heavy (non-hydrogen) atoms. The lowest BCUT2D eigenvalue weighted by Gasteiger charge is -2.18. The van der Waals surface area contributed by atoms with Crippen LogP contribution in [0.15, 0.2) is 30.3 Å². The van der Waals surface area contributed by atoms with Crippen LogP contribution in [-0.2, 0) is 4.79 Å². The molecule has 1 atom stereocenters. The molecule has 0 radical (unpaired) electrons. The minimum absolute atomic E-state index is 0.0261. The number of aliphatic hydroxyl groups is 1. The highest BCUT2D eigenvalue weighted by atomic mass is 16.5. The maximum absolute atomic E-state index is 11.6. The number of hydrogen-bond donors (Lipinski definition) is 1. The van der Waals surface area contributed by atoms with Crippen molar-refractivity contribution in [3.05, 3.63) is 30.3 Å². The summed E-state index contributed by atoms with van der Waals surface area (Å²) in [5, 5.41) is 9.15. The number of para-hydroxylation sites is 1. The van der Waals surface area contributed by atoms with Crippen molar-refractivity contribution in [3.8, 4) is 5.75 Å². The molecule has 0 heterocycles. The molecule has 1 rings (SSSR count). The van der Waals surface area contributed by atoms with Crippen LogP contribution in [-0.4, -0.2) is 42.2 Å². The molecule has 4 heteroatoms. The monoisotopic (exact) mass is 237 g/mol. The van der Waals surface area contributed by atoms with Gasteiger partial charge >= 0.3 is 0 Å². The Morgan fingerprint density at radius 1 is 1.41 bits per heavy atom. The number of amides is 1. The third kappa shape index (κ3) is 5.36. The summed E-state index contributed by atoms with van der Waals surface area (Å²) in [5.74, 6) is 0.736. The first-order valence-corrected chi connectivity index (χ1v) is 5.69. The molecule has 0 spiro atoms. The lowest BCUT2D eigenvalue weighted by Crippen LogP contribution is -2.33. The average Bonchev–Trinajstić information content (AvgIpc) is 2.29. The zero-order valence-corrected chi connectivity index (χ0v) is 10.3. The normalized spacial score (nSPS) is 11.9. The van der Waals surface area contributed by atoms with Crippen LogP contribution in [0.2, 0.25) is 0 Å². The summed E-state index contributed by atoms with van der Waals surface area (Å²) >= 11 is 0. The zero-order chi connectivity index (χ0) is 12.7. The van der Waals surface area contributed by atoms with Gasteiger partial charge in [0, 0.05) is 13.6 Å². The van der Waals surface area contributed by atoms with Gasteiger partial charge in [0.25, 0.3) is 0 Å². The summed E-state index contributed by atoms with van der Waals surface area (Å²) in [4.78, 5) is 13.1. The molecule has 1 aromatic carbocycles. The second-order valence-corrected chi connectivity index (χ2v) is 4.03. The molecule has 0 bridgehead atoms. The number of ether oxygens (including phenoxy) is 1. The van der Waals surface area contributed by atoms with E-state index in [1.54, 1.807) is 14.0 Å². The predicted octanol–water partition coefficient (Wildman–Crippen LogP) is 1.29. The van der Waals surface area contributed by atoms with Crippen molar-refractivity contribution in [1.29, 1.82) is 0 Å². The van der Waals surface area contributed by atoms with Gasteiger partial charge in [-0.1, -0.05) is 18.2 Å². The van der Waals surface area contributed by atoms with Gasteiger partial charge in [0.05, 0.1) is 19.1 Å². The third-order valence-corrected chi connectivity index (χ3v) is 2.29. The highest BCUT2D eigenvalue weighted by Crippen LogP contribution is 2.08. The van der Waals surface area contributed by atoms with Crippen LogP contribution in [0.5, 0.6) is 5.75 Å². The van der Waals surface area contributed by atoms with E-state index in [1.165, 1.54) is 4.90 Å². The van der Waals surface area contributed by atoms with E-state index in [9.17, 15) is 4.79 Å². The van der Waals surface area contributed by atoms with E-state index in [1.807, 2.05) is 30.3 Å². The molecule has 1 unspecified atom stereocenters. The molecule has 0 aliphatic carbocycles. The van der Waals surface area contributed by atoms with Crippen LogP contribution in [0.1, 0.15) is 13.3 Å². The van der Waals surface area contributed by atoms with Gasteiger partial charge in [-0.2, -0.15) is 0 Å². The molecular weight excluding hydrogens is 218 g/mol. The van der Waals surface area contributed by atoms with Crippen LogP contribution < -0.4 is 4.74 Å². The van der Waals surface area contributed by atoms with Gasteiger partial charge in [-0.05, 0) is 19.1 Å². The molecule has 0 saturated carbocycles. The number of carbonyl (C=O) groups is 1. The largest absolute Gasteiger partial charge is 0.493 e. The van der Waals surface area contributed by atoms with E-state index < -0.39 is 6.10 Å². The first kappa shape index (κ1) is 13.5. The number of nitrogens with zero attached hydrogens (tertiary/aromatic N) is 1. The quantitative estimate of drug-likeness (QED) is 0.811. The molecule has 0 aliphatic rings. The van der Waals surface area contributed by atoms with E-state index in [-0.39, 0.29) is 5.91 Å². The van der Waals surface area contributed by atoms with Crippen molar-refractivity contribution < 1.29 is 14.6 Å². The summed E-state index contributed by atoms with van der Waals surface area (Å²) in [6.07, 6.45) is -0.183. The topological polar surface area (TPSA) is 49.8 Å². The fourth-order valence-electron chi connectivity index (χ4n) is 1.46. The van der Waals surface area contributed by atoms with E-state index >= 15 is 0 Å². The Labute approximate surface area is 102 Å². The number of likely N-dealkylation sites (N-methyl/N-ethyl adjacent to an activating group) is 1. The summed E-state index contributed by atoms with van der Waals surface area (Å²) in [7, 11) is 1.68. The zero-order valence-electron chi connectivity index (χ0n) is 10.3. The molecule has 1 N–H and O–H groups in total. The number of rotatable bonds is 6. The summed E-state index contributed by atoms with van der Waals surface area (Å²) in [6, 6.07) is 9.38. The van der Waals surface area contributed by atoms with E-state index in [0.29, 0.717) is 19.6 Å². The van der Waals surface area contributed by atoms with Crippen molar-refractivity contribution in [2.75, 3.05) is 20.2 Å². The van der Waals surface area contributed by atoms with Gasteiger partial charge in [0.2, 0.25) is 5.91 Å². The average molecular weight is 237 g/mol. The fraction of sp³-hybridized carbons (Fsp3) is 0.462. The Kier molecular flexibility index (Phi) is 5.49. The molecule has 0 saturated heterocycles. The van der Waals surface area contributed by atoms with E-state index in [0.717, 1.165) is 5.75 Å². The second kappa shape index (κ2) is 6.91. The Morgan fingerprint density at radius 2 is 2.06 bits per heavy atom. The van der Waals surface area contributed by atoms with Gasteiger partial charge < -0.3 is 14.7 Å². The van der Waals surface area contributed by atoms with E-state index in [2.05, 4.69) is 0 Å². The Morgan fingerprint density at radius 3 is 2.65 bits per heavy atom. The third-order valence-electron chi connectivity index (χ3n) is 2.29. The molecule has 0 fully saturated rings. The van der Waals surface area contributed by atoms with Crippen LogP contribution in [0.25, 0.3) is 0 Å². The van der Waals surface area contributed by atoms with Gasteiger partial charge in [0.15, 0.2) is 0 Å². The Balaban J connectivity index is 2.24. The van der Waals surface area contributed by atoms with Gasteiger partial charge in [0.1, 0.15) is 5.75 Å². The van der Waals surface area contributed by atoms with Crippen molar-refractivity contribution in [3.63, 3.8) is 0 Å². The van der Waals surface area contributed by atoms with Gasteiger partial charge in [-0.3, -0.25) is 4.79 Å².